The van der Waals surface area contributed by atoms with E-state index in [0.29, 0.717) is 19.6 Å². The highest BCUT2D eigenvalue weighted by Crippen LogP contribution is 2.24. The van der Waals surface area contributed by atoms with Crippen LogP contribution in [0.1, 0.15) is 11.1 Å². The summed E-state index contributed by atoms with van der Waals surface area (Å²) in [5.74, 6) is 0.987. The Morgan fingerprint density at radius 1 is 1.12 bits per heavy atom. The van der Waals surface area contributed by atoms with Crippen molar-refractivity contribution in [3.8, 4) is 5.75 Å². The lowest BCUT2D eigenvalue weighted by molar-refractivity contribution is -0.130. The van der Waals surface area contributed by atoms with E-state index in [2.05, 4.69) is 35.9 Å². The van der Waals surface area contributed by atoms with Crippen LogP contribution >= 0.6 is 0 Å². The Bertz CT molecular complexity index is 983. The summed E-state index contributed by atoms with van der Waals surface area (Å²) in [6.45, 7) is 3.78. The first kappa shape index (κ1) is 16.5. The monoisotopic (exact) mass is 346 g/mol. The second-order valence-corrected chi connectivity index (χ2v) is 6.69. The van der Waals surface area contributed by atoms with Crippen molar-refractivity contribution in [2.45, 2.75) is 13.5 Å². The SMILES string of the molecule is COc1ccc(C2=CCN(C(=O)Cn3cc(C)c4ccccc43)C2)cc1. The molecule has 0 saturated heterocycles. The quantitative estimate of drug-likeness (QED) is 0.718. The van der Waals surface area contributed by atoms with Crippen LogP contribution < -0.4 is 4.74 Å². The molecule has 0 aliphatic carbocycles. The van der Waals surface area contributed by atoms with Crippen LogP contribution in [0, 0.1) is 6.92 Å². The molecule has 2 aromatic carbocycles. The van der Waals surface area contributed by atoms with Crippen LogP contribution in [0.3, 0.4) is 0 Å². The number of methoxy groups -OCH3 is 1. The fourth-order valence-electron chi connectivity index (χ4n) is 3.57. The molecule has 0 atom stereocenters. The molecule has 1 aliphatic rings. The van der Waals surface area contributed by atoms with Crippen LogP contribution in [0.25, 0.3) is 16.5 Å². The molecular weight excluding hydrogens is 324 g/mol. The third kappa shape index (κ3) is 2.99. The zero-order valence-corrected chi connectivity index (χ0v) is 15.1. The summed E-state index contributed by atoms with van der Waals surface area (Å²) in [4.78, 5) is 14.7. The lowest BCUT2D eigenvalue weighted by atomic mass is 10.1. The molecule has 0 spiro atoms. The van der Waals surface area contributed by atoms with Gasteiger partial charge in [0.05, 0.1) is 7.11 Å². The van der Waals surface area contributed by atoms with Crippen molar-refractivity contribution < 1.29 is 9.53 Å². The van der Waals surface area contributed by atoms with E-state index in [1.807, 2.05) is 41.3 Å². The number of aromatic nitrogens is 1. The van der Waals surface area contributed by atoms with Crippen molar-refractivity contribution >= 4 is 22.4 Å². The minimum Gasteiger partial charge on any atom is -0.497 e. The van der Waals surface area contributed by atoms with Crippen molar-refractivity contribution in [3.05, 3.63) is 71.9 Å². The van der Waals surface area contributed by atoms with Crippen LogP contribution in [0.4, 0.5) is 0 Å². The first-order chi connectivity index (χ1) is 12.7. The molecule has 1 aliphatic heterocycles. The van der Waals surface area contributed by atoms with Gasteiger partial charge in [0.15, 0.2) is 0 Å². The molecule has 4 heteroatoms. The van der Waals surface area contributed by atoms with E-state index in [9.17, 15) is 4.79 Å². The normalized spacial score (nSPS) is 13.9. The van der Waals surface area contributed by atoms with E-state index in [-0.39, 0.29) is 5.91 Å². The van der Waals surface area contributed by atoms with Gasteiger partial charge in [-0.25, -0.2) is 0 Å². The smallest absolute Gasteiger partial charge is 0.243 e. The van der Waals surface area contributed by atoms with Gasteiger partial charge in [-0.1, -0.05) is 36.4 Å². The fourth-order valence-corrected chi connectivity index (χ4v) is 3.57. The topological polar surface area (TPSA) is 34.5 Å². The molecule has 0 fully saturated rings. The minimum atomic E-state index is 0.144. The predicted octanol–water partition coefficient (Wildman–Crippen LogP) is 3.88. The highest BCUT2D eigenvalue weighted by atomic mass is 16.5. The van der Waals surface area contributed by atoms with Crippen LogP contribution in [0.15, 0.2) is 60.8 Å². The van der Waals surface area contributed by atoms with Crippen molar-refractivity contribution in [1.29, 1.82) is 0 Å². The summed E-state index contributed by atoms with van der Waals surface area (Å²) in [5.41, 5.74) is 4.64. The Labute approximate surface area is 153 Å². The van der Waals surface area contributed by atoms with Crippen molar-refractivity contribution in [2.24, 2.45) is 0 Å². The van der Waals surface area contributed by atoms with Gasteiger partial charge in [-0.15, -0.1) is 0 Å². The van der Waals surface area contributed by atoms with Gasteiger partial charge in [0.25, 0.3) is 0 Å². The van der Waals surface area contributed by atoms with Gasteiger partial charge in [0.1, 0.15) is 12.3 Å². The number of carbonyl (C=O) groups excluding carboxylic acids is 1. The zero-order chi connectivity index (χ0) is 18.1. The minimum absolute atomic E-state index is 0.144. The van der Waals surface area contributed by atoms with Gasteiger partial charge in [0, 0.05) is 30.2 Å². The second-order valence-electron chi connectivity index (χ2n) is 6.69. The van der Waals surface area contributed by atoms with Gasteiger partial charge in [0.2, 0.25) is 5.91 Å². The highest BCUT2D eigenvalue weighted by Gasteiger charge is 2.21. The van der Waals surface area contributed by atoms with E-state index in [4.69, 9.17) is 4.74 Å². The van der Waals surface area contributed by atoms with Crippen LogP contribution in [-0.4, -0.2) is 35.6 Å². The molecule has 0 saturated carbocycles. The van der Waals surface area contributed by atoms with Crippen molar-refractivity contribution in [1.82, 2.24) is 9.47 Å². The maximum absolute atomic E-state index is 12.8. The number of carbonyl (C=O) groups is 1. The Kier molecular flexibility index (Phi) is 4.25. The Morgan fingerprint density at radius 3 is 2.65 bits per heavy atom. The first-order valence-electron chi connectivity index (χ1n) is 8.81. The number of amides is 1. The van der Waals surface area contributed by atoms with Gasteiger partial charge in [-0.05, 0) is 41.8 Å². The Morgan fingerprint density at radius 2 is 1.88 bits per heavy atom. The first-order valence-corrected chi connectivity index (χ1v) is 8.81. The van der Waals surface area contributed by atoms with Crippen LogP contribution in [0.2, 0.25) is 0 Å². The number of benzene rings is 2. The third-order valence-electron chi connectivity index (χ3n) is 5.03. The number of para-hydroxylation sites is 1. The van der Waals surface area contributed by atoms with Crippen LogP contribution in [-0.2, 0) is 11.3 Å². The molecule has 0 unspecified atom stereocenters. The number of nitrogens with zero attached hydrogens (tertiary/aromatic N) is 2. The van der Waals surface area contributed by atoms with Crippen molar-refractivity contribution in [2.75, 3.05) is 20.2 Å². The number of rotatable bonds is 4. The van der Waals surface area contributed by atoms with E-state index in [1.54, 1.807) is 7.11 Å². The number of hydrogen-bond acceptors (Lipinski definition) is 2. The van der Waals surface area contributed by atoms with Crippen molar-refractivity contribution in [3.63, 3.8) is 0 Å². The Hall–Kier alpha value is -3.01. The van der Waals surface area contributed by atoms with E-state index < -0.39 is 0 Å². The molecule has 132 valence electrons. The Balaban J connectivity index is 1.46. The summed E-state index contributed by atoms with van der Waals surface area (Å²) in [6, 6.07) is 16.2. The number of fused-ring (bicyclic) bond motifs is 1. The van der Waals surface area contributed by atoms with Gasteiger partial charge in [-0.3, -0.25) is 4.79 Å². The third-order valence-corrected chi connectivity index (χ3v) is 5.03. The molecule has 4 nitrogen and oxygen atoms in total. The van der Waals surface area contributed by atoms with E-state index in [0.717, 1.165) is 16.8 Å². The molecule has 2 heterocycles. The fraction of sp³-hybridized carbons (Fsp3) is 0.227. The molecule has 1 amide bonds. The number of ether oxygens (including phenoxy) is 1. The average molecular weight is 346 g/mol. The molecule has 1 aromatic heterocycles. The van der Waals surface area contributed by atoms with Crippen LogP contribution in [0.5, 0.6) is 5.75 Å². The standard InChI is InChI=1S/C22H22N2O2/c1-16-13-24(21-6-4-3-5-20(16)21)15-22(25)23-12-11-18(14-23)17-7-9-19(26-2)10-8-17/h3-11,13H,12,14-15H2,1-2H3. The molecule has 0 N–H and O–H groups in total. The average Bonchev–Trinajstić information content (AvgIpc) is 3.28. The summed E-state index contributed by atoms with van der Waals surface area (Å²) >= 11 is 0. The highest BCUT2D eigenvalue weighted by molar-refractivity contribution is 5.87. The number of aryl methyl sites for hydroxylation is 1. The summed E-state index contributed by atoms with van der Waals surface area (Å²) in [6.07, 6.45) is 4.20. The molecule has 26 heavy (non-hydrogen) atoms. The number of hydrogen-bond donors (Lipinski definition) is 0. The van der Waals surface area contributed by atoms with E-state index in [1.165, 1.54) is 16.5 Å². The summed E-state index contributed by atoms with van der Waals surface area (Å²) in [5, 5.41) is 1.21. The lowest BCUT2D eigenvalue weighted by Crippen LogP contribution is -2.31. The summed E-state index contributed by atoms with van der Waals surface area (Å²) in [7, 11) is 1.66. The predicted molar refractivity (Wildman–Crippen MR) is 104 cm³/mol. The zero-order valence-electron chi connectivity index (χ0n) is 15.1. The molecule has 4 rings (SSSR count). The van der Waals surface area contributed by atoms with E-state index >= 15 is 0 Å². The largest absolute Gasteiger partial charge is 0.497 e. The molecule has 3 aromatic rings. The summed E-state index contributed by atoms with van der Waals surface area (Å²) < 4.78 is 7.26. The van der Waals surface area contributed by atoms with Gasteiger partial charge >= 0.3 is 0 Å². The lowest BCUT2D eigenvalue weighted by Gasteiger charge is -2.17. The molecular formula is C22H22N2O2. The molecule has 0 radical (unpaired) electrons. The van der Waals surface area contributed by atoms with Gasteiger partial charge < -0.3 is 14.2 Å². The molecule has 0 bridgehead atoms. The van der Waals surface area contributed by atoms with Gasteiger partial charge in [-0.2, -0.15) is 0 Å². The maximum atomic E-state index is 12.8. The maximum Gasteiger partial charge on any atom is 0.243 e. The second kappa shape index (κ2) is 6.71.